The minimum Gasteiger partial charge on any atom is -0.382 e. The van der Waals surface area contributed by atoms with Crippen molar-refractivity contribution in [2.24, 2.45) is 0 Å². The molecule has 4 rings (SSSR count). The molecule has 0 unspecified atom stereocenters. The smallest absolute Gasteiger partial charge is 0.382 e. The Morgan fingerprint density at radius 2 is 1.57 bits per heavy atom. The van der Waals surface area contributed by atoms with Gasteiger partial charge < -0.3 is 14.4 Å². The molecule has 0 bridgehead atoms. The van der Waals surface area contributed by atoms with Gasteiger partial charge in [0.2, 0.25) is 0 Å². The lowest BCUT2D eigenvalue weighted by molar-refractivity contribution is -0.143. The Balaban J connectivity index is 1.56. The maximum absolute atomic E-state index is 13.9. The number of hydrogen-bond donors (Lipinski definition) is 0. The molecule has 1 amide bonds. The van der Waals surface area contributed by atoms with Crippen LogP contribution in [0.25, 0.3) is 0 Å². The predicted octanol–water partition coefficient (Wildman–Crippen LogP) is 4.89. The van der Waals surface area contributed by atoms with Crippen molar-refractivity contribution in [3.8, 4) is 0 Å². The number of carbonyl (C=O) groups excluding carboxylic acids is 1. The van der Waals surface area contributed by atoms with Gasteiger partial charge in [0.1, 0.15) is 5.82 Å². The second-order valence-electron chi connectivity index (χ2n) is 10.8. The Labute approximate surface area is 240 Å². The molecule has 0 spiro atoms. The van der Waals surface area contributed by atoms with Crippen LogP contribution in [0.3, 0.4) is 0 Å². The summed E-state index contributed by atoms with van der Waals surface area (Å²) in [5.74, 6) is -1.32. The van der Waals surface area contributed by atoms with Gasteiger partial charge in [-0.25, -0.2) is 4.39 Å². The number of aryl methyl sites for hydroxylation is 1. The van der Waals surface area contributed by atoms with Gasteiger partial charge in [-0.1, -0.05) is 12.1 Å². The van der Waals surface area contributed by atoms with Crippen LogP contribution in [0.5, 0.6) is 0 Å². The highest BCUT2D eigenvalue weighted by molar-refractivity contribution is 5.95. The van der Waals surface area contributed by atoms with Crippen LogP contribution in [0.15, 0.2) is 36.4 Å². The van der Waals surface area contributed by atoms with Crippen molar-refractivity contribution in [2.75, 3.05) is 66.1 Å². The number of rotatable bonds is 8. The molecule has 2 aliphatic rings. The van der Waals surface area contributed by atoms with Gasteiger partial charge in [-0.2, -0.15) is 26.3 Å². The van der Waals surface area contributed by atoms with E-state index in [-0.39, 0.29) is 25.1 Å². The van der Waals surface area contributed by atoms with E-state index >= 15 is 0 Å². The summed E-state index contributed by atoms with van der Waals surface area (Å²) in [7, 11) is 1.61. The summed E-state index contributed by atoms with van der Waals surface area (Å²) in [4.78, 5) is 19.3. The van der Waals surface area contributed by atoms with Crippen LogP contribution in [0, 0.1) is 12.7 Å². The lowest BCUT2D eigenvalue weighted by atomic mass is 9.98. The van der Waals surface area contributed by atoms with E-state index in [0.717, 1.165) is 6.54 Å². The molecule has 6 nitrogen and oxygen atoms in total. The molecule has 2 aromatic rings. The summed E-state index contributed by atoms with van der Waals surface area (Å²) in [6.45, 7) is 6.27. The second-order valence-corrected chi connectivity index (χ2v) is 10.8. The zero-order chi connectivity index (χ0) is 30.7. The van der Waals surface area contributed by atoms with E-state index in [1.165, 1.54) is 11.0 Å². The Kier molecular flexibility index (Phi) is 10.2. The molecule has 2 aliphatic heterocycles. The number of hydrogen-bond acceptors (Lipinski definition) is 5. The number of alkyl halides is 6. The van der Waals surface area contributed by atoms with E-state index < -0.39 is 46.8 Å². The van der Waals surface area contributed by atoms with Crippen molar-refractivity contribution in [1.29, 1.82) is 0 Å². The SMILES string of the molecule is COC[C@@H]1CN(CCN2CCN(C(=O)c3cc(C(F)(F)F)cc(C(F)(F)F)c3)[C@H](Cc3ccc(F)c(C)c3)C2)CCO1. The molecule has 2 atom stereocenters. The number of benzene rings is 2. The maximum atomic E-state index is 13.9. The van der Waals surface area contributed by atoms with Crippen LogP contribution in [0.2, 0.25) is 0 Å². The van der Waals surface area contributed by atoms with Gasteiger partial charge in [-0.3, -0.25) is 14.6 Å². The first kappa shape index (κ1) is 32.2. The van der Waals surface area contributed by atoms with Gasteiger partial charge in [-0.05, 0) is 48.7 Å². The molecule has 2 fully saturated rings. The van der Waals surface area contributed by atoms with E-state index in [9.17, 15) is 35.5 Å². The third-order valence-corrected chi connectivity index (χ3v) is 7.66. The molecule has 13 heteroatoms. The van der Waals surface area contributed by atoms with Crippen LogP contribution in [-0.4, -0.2) is 98.9 Å². The average Bonchev–Trinajstić information content (AvgIpc) is 2.93. The molecular weight excluding hydrogens is 571 g/mol. The first-order valence-electron chi connectivity index (χ1n) is 13.7. The van der Waals surface area contributed by atoms with Crippen molar-refractivity contribution in [1.82, 2.24) is 14.7 Å². The van der Waals surface area contributed by atoms with E-state index in [1.807, 2.05) is 0 Å². The Hall–Kier alpha value is -2.74. The molecule has 0 aromatic heterocycles. The average molecular weight is 606 g/mol. The largest absolute Gasteiger partial charge is 0.416 e. The normalized spacial score (nSPS) is 21.1. The number of piperazine rings is 1. The Bertz CT molecular complexity index is 1200. The molecule has 2 aromatic carbocycles. The fourth-order valence-corrected chi connectivity index (χ4v) is 5.47. The van der Waals surface area contributed by atoms with Gasteiger partial charge >= 0.3 is 12.4 Å². The van der Waals surface area contributed by atoms with Crippen molar-refractivity contribution in [3.63, 3.8) is 0 Å². The molecule has 2 heterocycles. The summed E-state index contributed by atoms with van der Waals surface area (Å²) in [5, 5.41) is 0. The van der Waals surface area contributed by atoms with E-state index in [4.69, 9.17) is 9.47 Å². The molecular formula is C29H34F7N3O3. The second kappa shape index (κ2) is 13.3. The molecule has 42 heavy (non-hydrogen) atoms. The van der Waals surface area contributed by atoms with Crippen molar-refractivity contribution >= 4 is 5.91 Å². The summed E-state index contributed by atoms with van der Waals surface area (Å²) < 4.78 is 106. The minimum absolute atomic E-state index is 0.0102. The highest BCUT2D eigenvalue weighted by Crippen LogP contribution is 2.37. The fourth-order valence-electron chi connectivity index (χ4n) is 5.47. The van der Waals surface area contributed by atoms with Gasteiger partial charge in [0, 0.05) is 64.5 Å². The molecule has 0 N–H and O–H groups in total. The Morgan fingerprint density at radius 3 is 2.17 bits per heavy atom. The standard InChI is InChI=1S/C29H34F7N3O3/c1-19-11-20(3-4-26(19)30)12-24-16-37(5-6-38-9-10-42-25(17-38)18-41-2)7-8-39(24)27(40)21-13-22(28(31,32)33)15-23(14-21)29(34,35)36/h3-4,11,13-15,24-25H,5-10,12,16-18H2,1-2H3/t24-,25+/m1/s1. The van der Waals surface area contributed by atoms with E-state index in [1.54, 1.807) is 26.2 Å². The number of carbonyl (C=O) groups is 1. The fraction of sp³-hybridized carbons (Fsp3) is 0.552. The highest BCUT2D eigenvalue weighted by atomic mass is 19.4. The first-order chi connectivity index (χ1) is 19.7. The molecule has 0 aliphatic carbocycles. The summed E-state index contributed by atoms with van der Waals surface area (Å²) in [6.07, 6.45) is -9.92. The molecule has 232 valence electrons. The lowest BCUT2D eigenvalue weighted by Crippen LogP contribution is -2.57. The van der Waals surface area contributed by atoms with Crippen LogP contribution in [0.1, 0.15) is 32.6 Å². The van der Waals surface area contributed by atoms with Gasteiger partial charge in [0.05, 0.1) is 30.4 Å². The van der Waals surface area contributed by atoms with Gasteiger partial charge in [0.25, 0.3) is 5.91 Å². The number of amides is 1. The number of ether oxygens (including phenoxy) is 2. The molecule has 2 saturated heterocycles. The number of halogens is 7. The maximum Gasteiger partial charge on any atom is 0.416 e. The zero-order valence-corrected chi connectivity index (χ0v) is 23.4. The number of methoxy groups -OCH3 is 1. The Morgan fingerprint density at radius 1 is 0.929 bits per heavy atom. The topological polar surface area (TPSA) is 45.2 Å². The van der Waals surface area contributed by atoms with Crippen LogP contribution in [-0.2, 0) is 28.2 Å². The van der Waals surface area contributed by atoms with Crippen molar-refractivity contribution in [3.05, 3.63) is 70.0 Å². The summed E-state index contributed by atoms with van der Waals surface area (Å²) in [6, 6.07) is 4.89. The molecule has 0 radical (unpaired) electrons. The van der Waals surface area contributed by atoms with E-state index in [2.05, 4.69) is 9.80 Å². The number of morpholine rings is 1. The summed E-state index contributed by atoms with van der Waals surface area (Å²) >= 11 is 0. The predicted molar refractivity (Wildman–Crippen MR) is 141 cm³/mol. The van der Waals surface area contributed by atoms with E-state index in [0.29, 0.717) is 69.2 Å². The monoisotopic (exact) mass is 605 g/mol. The number of nitrogens with zero attached hydrogens (tertiary/aromatic N) is 3. The van der Waals surface area contributed by atoms with Crippen LogP contribution < -0.4 is 0 Å². The quantitative estimate of drug-likeness (QED) is 0.402. The van der Waals surface area contributed by atoms with Crippen molar-refractivity contribution < 1.29 is 45.0 Å². The zero-order valence-electron chi connectivity index (χ0n) is 23.4. The van der Waals surface area contributed by atoms with Gasteiger partial charge in [0.15, 0.2) is 0 Å². The summed E-state index contributed by atoms with van der Waals surface area (Å²) in [5.41, 5.74) is -2.66. The third kappa shape index (κ3) is 8.21. The van der Waals surface area contributed by atoms with Crippen LogP contribution in [0.4, 0.5) is 30.7 Å². The van der Waals surface area contributed by atoms with Crippen LogP contribution >= 0.6 is 0 Å². The lowest BCUT2D eigenvalue weighted by Gasteiger charge is -2.43. The van der Waals surface area contributed by atoms with Gasteiger partial charge in [-0.15, -0.1) is 0 Å². The minimum atomic E-state index is -5.07. The molecule has 0 saturated carbocycles. The highest BCUT2D eigenvalue weighted by Gasteiger charge is 2.39. The van der Waals surface area contributed by atoms with Crippen molar-refractivity contribution in [2.45, 2.75) is 37.8 Å². The first-order valence-corrected chi connectivity index (χ1v) is 13.7. The third-order valence-electron chi connectivity index (χ3n) is 7.66.